The fourth-order valence-electron chi connectivity index (χ4n) is 4.09. The van der Waals surface area contributed by atoms with Crippen molar-refractivity contribution in [2.75, 3.05) is 5.32 Å². The molecule has 0 aliphatic heterocycles. The Bertz CT molecular complexity index is 1550. The summed E-state index contributed by atoms with van der Waals surface area (Å²) in [5, 5.41) is 12.1. The van der Waals surface area contributed by atoms with Crippen molar-refractivity contribution in [2.45, 2.75) is 19.4 Å². The predicted octanol–water partition coefficient (Wildman–Crippen LogP) is 5.83. The van der Waals surface area contributed by atoms with Crippen LogP contribution in [0.1, 0.15) is 45.0 Å². The third-order valence-electron chi connectivity index (χ3n) is 5.98. The number of pyridine rings is 1. The molecule has 0 fully saturated rings. The van der Waals surface area contributed by atoms with Crippen LogP contribution in [0.4, 0.5) is 5.69 Å². The molecule has 2 aromatic carbocycles. The van der Waals surface area contributed by atoms with Gasteiger partial charge in [-0.25, -0.2) is 0 Å². The van der Waals surface area contributed by atoms with Crippen LogP contribution < -0.4 is 10.6 Å². The third kappa shape index (κ3) is 5.04. The van der Waals surface area contributed by atoms with Crippen LogP contribution in [0.15, 0.2) is 85.5 Å². The van der Waals surface area contributed by atoms with Gasteiger partial charge in [-0.05, 0) is 59.3 Å². The topological polar surface area (TPSA) is 88.9 Å². The SMILES string of the molecule is CCC(NC(=O)c1ccc2cnccc2c1)c1cccc(-c2ccc(C(=O)Nc3cnn(C)c3)s2)c1. The van der Waals surface area contributed by atoms with Gasteiger partial charge in [-0.3, -0.25) is 19.3 Å². The van der Waals surface area contributed by atoms with Crippen LogP contribution >= 0.6 is 11.3 Å². The predicted molar refractivity (Wildman–Crippen MR) is 143 cm³/mol. The zero-order valence-electron chi connectivity index (χ0n) is 19.9. The molecule has 1 atom stereocenters. The Kier molecular flexibility index (Phi) is 6.60. The van der Waals surface area contributed by atoms with Crippen molar-refractivity contribution in [3.05, 3.63) is 101 Å². The van der Waals surface area contributed by atoms with E-state index in [9.17, 15) is 9.59 Å². The Morgan fingerprint density at radius 2 is 1.89 bits per heavy atom. The minimum absolute atomic E-state index is 0.114. The lowest BCUT2D eigenvalue weighted by Gasteiger charge is -2.18. The van der Waals surface area contributed by atoms with Gasteiger partial charge in [0.25, 0.3) is 11.8 Å². The van der Waals surface area contributed by atoms with Crippen molar-refractivity contribution in [3.8, 4) is 10.4 Å². The Balaban J connectivity index is 1.32. The summed E-state index contributed by atoms with van der Waals surface area (Å²) in [6, 6.07) is 19.3. The number of nitrogens with zero attached hydrogens (tertiary/aromatic N) is 3. The monoisotopic (exact) mass is 495 g/mol. The number of hydrogen-bond acceptors (Lipinski definition) is 5. The molecule has 3 aromatic heterocycles. The second kappa shape index (κ2) is 10.1. The van der Waals surface area contributed by atoms with Gasteiger partial charge in [0.1, 0.15) is 0 Å². The molecule has 0 saturated heterocycles. The number of amides is 2. The van der Waals surface area contributed by atoms with Crippen molar-refractivity contribution in [1.29, 1.82) is 0 Å². The maximum Gasteiger partial charge on any atom is 0.265 e. The molecule has 0 aliphatic rings. The normalized spacial score (nSPS) is 11.8. The van der Waals surface area contributed by atoms with Crippen LogP contribution in [0, 0.1) is 0 Å². The average Bonchev–Trinajstić information content (AvgIpc) is 3.56. The van der Waals surface area contributed by atoms with E-state index in [4.69, 9.17) is 0 Å². The van der Waals surface area contributed by atoms with E-state index in [1.165, 1.54) is 11.3 Å². The summed E-state index contributed by atoms with van der Waals surface area (Å²) in [6.45, 7) is 2.05. The van der Waals surface area contributed by atoms with Crippen molar-refractivity contribution in [3.63, 3.8) is 0 Å². The number of aryl methyl sites for hydroxylation is 1. The molecule has 1 unspecified atom stereocenters. The largest absolute Gasteiger partial charge is 0.345 e. The molecule has 3 heterocycles. The number of anilines is 1. The lowest BCUT2D eigenvalue weighted by atomic mass is 10.0. The van der Waals surface area contributed by atoms with E-state index in [1.54, 1.807) is 36.5 Å². The first kappa shape index (κ1) is 23.4. The van der Waals surface area contributed by atoms with Crippen LogP contribution in [0.3, 0.4) is 0 Å². The molecule has 2 N–H and O–H groups in total. The molecule has 0 spiro atoms. The lowest BCUT2D eigenvalue weighted by Crippen LogP contribution is -2.28. The number of benzene rings is 2. The van der Waals surface area contributed by atoms with Crippen molar-refractivity contribution in [1.82, 2.24) is 20.1 Å². The molecule has 180 valence electrons. The molecule has 0 saturated carbocycles. The Hall–Kier alpha value is -4.30. The standard InChI is InChI=1S/C28H25N5O2S/c1-3-24(32-27(34)21-7-8-22-15-29-12-11-18(22)13-21)19-5-4-6-20(14-19)25-9-10-26(36-25)28(35)31-23-16-30-33(2)17-23/h4-17,24H,3H2,1-2H3,(H,31,35)(H,32,34). The van der Waals surface area contributed by atoms with Gasteiger partial charge >= 0.3 is 0 Å². The molecule has 2 amide bonds. The molecule has 5 aromatic rings. The zero-order valence-corrected chi connectivity index (χ0v) is 20.8. The Labute approximate surface area is 212 Å². The van der Waals surface area contributed by atoms with Crippen LogP contribution in [-0.4, -0.2) is 26.6 Å². The van der Waals surface area contributed by atoms with E-state index in [0.29, 0.717) is 16.1 Å². The summed E-state index contributed by atoms with van der Waals surface area (Å²) in [5.74, 6) is -0.281. The molecule has 7 nitrogen and oxygen atoms in total. The van der Waals surface area contributed by atoms with Crippen molar-refractivity contribution < 1.29 is 9.59 Å². The minimum atomic E-state index is -0.166. The molecule has 0 aliphatic carbocycles. The number of thiophene rings is 1. The summed E-state index contributed by atoms with van der Waals surface area (Å²) in [4.78, 5) is 31.4. The maximum absolute atomic E-state index is 13.0. The smallest absolute Gasteiger partial charge is 0.265 e. The number of hydrogen-bond donors (Lipinski definition) is 2. The number of rotatable bonds is 7. The van der Waals surface area contributed by atoms with E-state index in [2.05, 4.69) is 33.7 Å². The third-order valence-corrected chi connectivity index (χ3v) is 7.12. The summed E-state index contributed by atoms with van der Waals surface area (Å²) in [6.07, 6.45) is 7.63. The van der Waals surface area contributed by atoms with E-state index < -0.39 is 0 Å². The second-order valence-corrected chi connectivity index (χ2v) is 9.60. The van der Waals surface area contributed by atoms with Crippen LogP contribution in [0.5, 0.6) is 0 Å². The first-order valence-electron chi connectivity index (χ1n) is 11.6. The van der Waals surface area contributed by atoms with E-state index in [1.807, 2.05) is 54.6 Å². The number of fused-ring (bicyclic) bond motifs is 1. The molecular weight excluding hydrogens is 470 g/mol. The summed E-state index contributed by atoms with van der Waals surface area (Å²) >= 11 is 1.43. The first-order chi connectivity index (χ1) is 17.5. The fourth-order valence-corrected chi connectivity index (χ4v) is 4.99. The van der Waals surface area contributed by atoms with Gasteiger partial charge in [-0.15, -0.1) is 11.3 Å². The summed E-state index contributed by atoms with van der Waals surface area (Å²) in [5.41, 5.74) is 3.29. The molecular formula is C28H25N5O2S. The Morgan fingerprint density at radius 1 is 1.00 bits per heavy atom. The van der Waals surface area contributed by atoms with Gasteiger partial charge in [0.15, 0.2) is 0 Å². The number of carbonyl (C=O) groups excluding carboxylic acids is 2. The van der Waals surface area contributed by atoms with Crippen LogP contribution in [0.25, 0.3) is 21.2 Å². The highest BCUT2D eigenvalue weighted by atomic mass is 32.1. The molecule has 5 rings (SSSR count). The highest BCUT2D eigenvalue weighted by Gasteiger charge is 2.17. The fraction of sp³-hybridized carbons (Fsp3) is 0.143. The Morgan fingerprint density at radius 3 is 2.69 bits per heavy atom. The quantitative estimate of drug-likeness (QED) is 0.297. The molecule has 0 radical (unpaired) electrons. The average molecular weight is 496 g/mol. The van der Waals surface area contributed by atoms with E-state index in [0.717, 1.165) is 33.2 Å². The van der Waals surface area contributed by atoms with Gasteiger partial charge < -0.3 is 10.6 Å². The number of aromatic nitrogens is 3. The highest BCUT2D eigenvalue weighted by Crippen LogP contribution is 2.31. The van der Waals surface area contributed by atoms with Crippen molar-refractivity contribution >= 4 is 39.6 Å². The maximum atomic E-state index is 13.0. The molecule has 0 bridgehead atoms. The number of nitrogens with one attached hydrogen (secondary N) is 2. The summed E-state index contributed by atoms with van der Waals surface area (Å²) < 4.78 is 1.64. The van der Waals surface area contributed by atoms with Gasteiger partial charge in [0.2, 0.25) is 0 Å². The van der Waals surface area contributed by atoms with Crippen molar-refractivity contribution in [2.24, 2.45) is 7.05 Å². The van der Waals surface area contributed by atoms with Gasteiger partial charge in [-0.2, -0.15) is 5.10 Å². The highest BCUT2D eigenvalue weighted by molar-refractivity contribution is 7.17. The second-order valence-electron chi connectivity index (χ2n) is 8.52. The van der Waals surface area contributed by atoms with E-state index in [-0.39, 0.29) is 17.9 Å². The first-order valence-corrected chi connectivity index (χ1v) is 12.5. The van der Waals surface area contributed by atoms with Gasteiger partial charge in [0.05, 0.1) is 22.8 Å². The summed E-state index contributed by atoms with van der Waals surface area (Å²) in [7, 11) is 1.80. The lowest BCUT2D eigenvalue weighted by molar-refractivity contribution is 0.0935. The minimum Gasteiger partial charge on any atom is -0.345 e. The molecule has 8 heteroatoms. The number of carbonyl (C=O) groups is 2. The van der Waals surface area contributed by atoms with Crippen LogP contribution in [-0.2, 0) is 7.05 Å². The zero-order chi connectivity index (χ0) is 25.1. The van der Waals surface area contributed by atoms with E-state index >= 15 is 0 Å². The van der Waals surface area contributed by atoms with Gasteiger partial charge in [-0.1, -0.05) is 31.2 Å². The van der Waals surface area contributed by atoms with Gasteiger partial charge in [0, 0.05) is 41.5 Å². The molecule has 36 heavy (non-hydrogen) atoms. The van der Waals surface area contributed by atoms with Crippen LogP contribution in [0.2, 0.25) is 0 Å².